The van der Waals surface area contributed by atoms with E-state index in [4.69, 9.17) is 24.5 Å². The molecule has 5 amide bonds. The van der Waals surface area contributed by atoms with Gasteiger partial charge in [0.1, 0.15) is 0 Å². The Bertz CT molecular complexity index is 681. The molecule has 31 heavy (non-hydrogen) atoms. The van der Waals surface area contributed by atoms with Gasteiger partial charge in [0.25, 0.3) is 0 Å². The van der Waals surface area contributed by atoms with E-state index in [0.29, 0.717) is 30.7 Å². The summed E-state index contributed by atoms with van der Waals surface area (Å²) in [5.74, 6) is -3.42. The topological polar surface area (TPSA) is 193 Å². The molecule has 0 aromatic rings. The fourth-order valence-corrected chi connectivity index (χ4v) is 2.47. The summed E-state index contributed by atoms with van der Waals surface area (Å²) in [6.07, 6.45) is 1.14. The maximum absolute atomic E-state index is 11.5. The van der Waals surface area contributed by atoms with Crippen LogP contribution in [-0.4, -0.2) is 94.5 Å². The first-order chi connectivity index (χ1) is 14.7. The third kappa shape index (κ3) is 9.96. The van der Waals surface area contributed by atoms with Crippen molar-refractivity contribution in [2.45, 2.75) is 38.5 Å². The highest BCUT2D eigenvalue weighted by molar-refractivity contribution is 6.42. The molecule has 0 radical (unpaired) electrons. The van der Waals surface area contributed by atoms with E-state index in [0.717, 1.165) is 0 Å². The van der Waals surface area contributed by atoms with Crippen molar-refractivity contribution in [3.63, 3.8) is 0 Å². The zero-order valence-corrected chi connectivity index (χ0v) is 16.7. The molecule has 2 saturated heterocycles. The molecule has 0 bridgehead atoms. The third-order valence-corrected chi connectivity index (χ3v) is 3.90. The smallest absolute Gasteiger partial charge is 0.373 e. The van der Waals surface area contributed by atoms with Crippen LogP contribution in [0.5, 0.6) is 0 Å². The number of nitrogens with zero attached hydrogens (tertiary/aromatic N) is 2. The average Bonchev–Trinajstić information content (AvgIpc) is 3.24. The number of aliphatic hydroxyl groups is 2. The highest BCUT2D eigenvalue weighted by Gasteiger charge is 2.37. The number of likely N-dealkylation sites (tertiary alicyclic amines) is 2. The number of amides is 5. The molecule has 0 saturated carbocycles. The molecule has 13 nitrogen and oxygen atoms in total. The Morgan fingerprint density at radius 1 is 0.839 bits per heavy atom. The number of hydrogen-bond donors (Lipinski definition) is 2. The first kappa shape index (κ1) is 27.9. The van der Waals surface area contributed by atoms with Crippen molar-refractivity contribution >= 4 is 41.5 Å². The number of aliphatic hydroxyl groups excluding tert-OH is 2. The van der Waals surface area contributed by atoms with Crippen molar-refractivity contribution < 1.29 is 53.3 Å². The van der Waals surface area contributed by atoms with Gasteiger partial charge in [0.2, 0.25) is 29.4 Å². The van der Waals surface area contributed by atoms with Crippen LogP contribution in [0, 0.1) is 0 Å². The molecule has 0 aliphatic carbocycles. The fraction of sp³-hybridized carbons (Fsp3) is 0.611. The van der Waals surface area contributed by atoms with Crippen LogP contribution in [0.3, 0.4) is 0 Å². The van der Waals surface area contributed by atoms with E-state index in [-0.39, 0.29) is 63.7 Å². The summed E-state index contributed by atoms with van der Waals surface area (Å²) in [6, 6.07) is 0. The maximum Gasteiger partial charge on any atom is 0.373 e. The number of rotatable bonds is 9. The second-order valence-electron chi connectivity index (χ2n) is 6.04. The van der Waals surface area contributed by atoms with Crippen molar-refractivity contribution in [1.29, 1.82) is 0 Å². The van der Waals surface area contributed by atoms with Crippen molar-refractivity contribution in [2.75, 3.05) is 33.0 Å². The van der Waals surface area contributed by atoms with Gasteiger partial charge in [-0.1, -0.05) is 0 Å². The van der Waals surface area contributed by atoms with Gasteiger partial charge < -0.3 is 14.9 Å². The Morgan fingerprint density at radius 3 is 1.77 bits per heavy atom. The van der Waals surface area contributed by atoms with Crippen LogP contribution in [0.25, 0.3) is 0 Å². The summed E-state index contributed by atoms with van der Waals surface area (Å²) >= 11 is 0. The lowest BCUT2D eigenvalue weighted by Crippen LogP contribution is -2.40. The van der Waals surface area contributed by atoms with Gasteiger partial charge >= 0.3 is 12.1 Å². The van der Waals surface area contributed by atoms with Gasteiger partial charge in [0.15, 0.2) is 0 Å². The molecular formula is C18H24N2O11. The van der Waals surface area contributed by atoms with E-state index in [2.05, 4.69) is 0 Å². The molecule has 2 aliphatic heterocycles. The summed E-state index contributed by atoms with van der Waals surface area (Å²) in [4.78, 5) is 84.8. The standard InChI is InChI=1S/C10H13NO6.C7H11NO3.CO2/c12-4-6-17-5-3-7(13)10(16)11-8(14)1-2-9(11)15;9-5-1-4-8-6(10)2-3-7(8)11;2-1-3/h12H,1-6H2;9H,1-5H2;. The monoisotopic (exact) mass is 444 g/mol. The van der Waals surface area contributed by atoms with Crippen molar-refractivity contribution in [1.82, 2.24) is 9.80 Å². The lowest BCUT2D eigenvalue weighted by Gasteiger charge is -2.11. The molecule has 13 heteroatoms. The van der Waals surface area contributed by atoms with Gasteiger partial charge in [0, 0.05) is 45.3 Å². The molecule has 2 aliphatic rings. The number of carbonyl (C=O) groups is 6. The lowest BCUT2D eigenvalue weighted by atomic mass is 10.2. The number of carbonyl (C=O) groups excluding carboxylic acids is 8. The highest BCUT2D eigenvalue weighted by atomic mass is 16.5. The minimum absolute atomic E-state index is 0.0249. The summed E-state index contributed by atoms with van der Waals surface area (Å²) in [7, 11) is 0. The first-order valence-corrected chi connectivity index (χ1v) is 9.29. The molecule has 0 unspecified atom stereocenters. The second kappa shape index (κ2) is 15.7. The molecular weight excluding hydrogens is 420 g/mol. The Hall–Kier alpha value is -3.12. The third-order valence-electron chi connectivity index (χ3n) is 3.90. The molecule has 2 fully saturated rings. The van der Waals surface area contributed by atoms with Gasteiger partial charge in [-0.3, -0.25) is 33.7 Å². The van der Waals surface area contributed by atoms with Crippen LogP contribution >= 0.6 is 0 Å². The van der Waals surface area contributed by atoms with E-state index in [1.807, 2.05) is 0 Å². The predicted octanol–water partition coefficient (Wildman–Crippen LogP) is -2.44. The average molecular weight is 444 g/mol. The lowest BCUT2D eigenvalue weighted by molar-refractivity contribution is -0.191. The highest BCUT2D eigenvalue weighted by Crippen LogP contribution is 2.13. The molecule has 172 valence electrons. The summed E-state index contributed by atoms with van der Waals surface area (Å²) in [5.41, 5.74) is 0. The van der Waals surface area contributed by atoms with Gasteiger partial charge in [-0.2, -0.15) is 9.59 Å². The number of imide groups is 4. The van der Waals surface area contributed by atoms with Crippen LogP contribution in [0.15, 0.2) is 0 Å². The van der Waals surface area contributed by atoms with Crippen LogP contribution in [-0.2, 0) is 43.1 Å². The van der Waals surface area contributed by atoms with E-state index in [1.54, 1.807) is 0 Å². The van der Waals surface area contributed by atoms with Gasteiger partial charge in [-0.25, -0.2) is 4.90 Å². The van der Waals surface area contributed by atoms with Crippen molar-refractivity contribution in [3.05, 3.63) is 0 Å². The Labute approximate surface area is 176 Å². The Balaban J connectivity index is 0.000000551. The predicted molar refractivity (Wildman–Crippen MR) is 96.3 cm³/mol. The second-order valence-corrected chi connectivity index (χ2v) is 6.04. The van der Waals surface area contributed by atoms with Crippen LogP contribution in [0.4, 0.5) is 0 Å². The minimum Gasteiger partial charge on any atom is -0.396 e. The SMILES string of the molecule is O=C(CCOCCO)C(=O)N1C(=O)CCC1=O.O=C1CCC(=O)N1CCCO.O=C=O. The van der Waals surface area contributed by atoms with Crippen molar-refractivity contribution in [3.8, 4) is 0 Å². The summed E-state index contributed by atoms with van der Waals surface area (Å²) in [5, 5.41) is 16.9. The molecule has 2 N–H and O–H groups in total. The number of ether oxygens (including phenoxy) is 1. The van der Waals surface area contributed by atoms with Crippen LogP contribution in [0.2, 0.25) is 0 Å². The number of hydrogen-bond acceptors (Lipinski definition) is 11. The van der Waals surface area contributed by atoms with Crippen molar-refractivity contribution in [2.24, 2.45) is 0 Å². The van der Waals surface area contributed by atoms with Crippen LogP contribution in [0.1, 0.15) is 38.5 Å². The van der Waals surface area contributed by atoms with E-state index >= 15 is 0 Å². The molecule has 2 rings (SSSR count). The quantitative estimate of drug-likeness (QED) is 0.218. The minimum atomic E-state index is -1.09. The summed E-state index contributed by atoms with van der Waals surface area (Å²) in [6.45, 7) is 0.265. The van der Waals surface area contributed by atoms with Gasteiger partial charge in [0.05, 0.1) is 19.8 Å². The van der Waals surface area contributed by atoms with Gasteiger partial charge in [-0.05, 0) is 6.42 Å². The fourth-order valence-electron chi connectivity index (χ4n) is 2.47. The Kier molecular flexibility index (Phi) is 14.1. The van der Waals surface area contributed by atoms with E-state index in [1.165, 1.54) is 4.90 Å². The molecule has 0 aromatic carbocycles. The Morgan fingerprint density at radius 2 is 1.32 bits per heavy atom. The normalized spacial score (nSPS) is 15.2. The largest absolute Gasteiger partial charge is 0.396 e. The number of Topliss-reactive ketones (excluding diaryl/α,β-unsaturated/α-hetero) is 1. The summed E-state index contributed by atoms with van der Waals surface area (Å²) < 4.78 is 4.81. The molecule has 0 aromatic heterocycles. The van der Waals surface area contributed by atoms with Gasteiger partial charge in [-0.15, -0.1) is 0 Å². The molecule has 2 heterocycles. The maximum atomic E-state index is 11.5. The van der Waals surface area contributed by atoms with E-state index < -0.39 is 23.5 Å². The van der Waals surface area contributed by atoms with E-state index in [9.17, 15) is 28.8 Å². The molecule has 0 spiro atoms. The zero-order valence-electron chi connectivity index (χ0n) is 16.7. The zero-order chi connectivity index (χ0) is 23.8. The van der Waals surface area contributed by atoms with Crippen LogP contribution < -0.4 is 0 Å². The first-order valence-electron chi connectivity index (χ1n) is 9.29. The number of ketones is 1. The molecule has 0 atom stereocenters.